The Kier molecular flexibility index (Phi) is 4.62. The van der Waals surface area contributed by atoms with Crippen LogP contribution in [0, 0.1) is 5.82 Å². The van der Waals surface area contributed by atoms with Crippen molar-refractivity contribution in [3.8, 4) is 0 Å². The number of benzene rings is 2. The van der Waals surface area contributed by atoms with E-state index in [2.05, 4.69) is 4.72 Å². The molecule has 0 aliphatic carbocycles. The van der Waals surface area contributed by atoms with Gasteiger partial charge < -0.3 is 0 Å². The molecule has 6 heteroatoms. The van der Waals surface area contributed by atoms with Crippen molar-refractivity contribution in [1.82, 2.24) is 0 Å². The van der Waals surface area contributed by atoms with E-state index in [4.69, 9.17) is 11.6 Å². The first-order chi connectivity index (χ1) is 9.51. The average Bonchev–Trinajstić information content (AvgIpc) is 2.41. The molecule has 20 heavy (non-hydrogen) atoms. The van der Waals surface area contributed by atoms with Crippen LogP contribution in [0.15, 0.2) is 53.4 Å². The Morgan fingerprint density at radius 2 is 1.80 bits per heavy atom. The summed E-state index contributed by atoms with van der Waals surface area (Å²) in [7, 11) is -3.78. The first kappa shape index (κ1) is 14.8. The lowest BCUT2D eigenvalue weighted by Crippen LogP contribution is -2.13. The number of sulfonamides is 1. The first-order valence-corrected chi connectivity index (χ1v) is 7.96. The Bertz CT molecular complexity index is 687. The zero-order valence-corrected chi connectivity index (χ0v) is 12.1. The highest BCUT2D eigenvalue weighted by Crippen LogP contribution is 2.17. The molecule has 0 atom stereocenters. The first-order valence-electron chi connectivity index (χ1n) is 5.94. The van der Waals surface area contributed by atoms with Gasteiger partial charge in [0.05, 0.1) is 4.90 Å². The topological polar surface area (TPSA) is 46.2 Å². The maximum Gasteiger partial charge on any atom is 0.261 e. The molecule has 1 N–H and O–H groups in total. The Morgan fingerprint density at radius 1 is 1.10 bits per heavy atom. The Balaban J connectivity index is 2.20. The number of rotatable bonds is 5. The van der Waals surface area contributed by atoms with E-state index in [9.17, 15) is 12.8 Å². The third-order valence-electron chi connectivity index (χ3n) is 2.70. The molecule has 0 saturated carbocycles. The summed E-state index contributed by atoms with van der Waals surface area (Å²) >= 11 is 5.63. The molecule has 0 heterocycles. The average molecular weight is 314 g/mol. The highest BCUT2D eigenvalue weighted by Gasteiger charge is 2.14. The molecule has 0 saturated heterocycles. The summed E-state index contributed by atoms with van der Waals surface area (Å²) in [4.78, 5) is -0.109. The molecule has 2 aromatic rings. The fraction of sp³-hybridized carbons (Fsp3) is 0.143. The molecular weight excluding hydrogens is 301 g/mol. The van der Waals surface area contributed by atoms with E-state index in [1.807, 2.05) is 0 Å². The van der Waals surface area contributed by atoms with Crippen molar-refractivity contribution in [3.63, 3.8) is 0 Å². The predicted octanol–water partition coefficient (Wildman–Crippen LogP) is 3.41. The molecule has 0 amide bonds. The number of alkyl halides is 1. The number of anilines is 1. The number of hydrogen-bond acceptors (Lipinski definition) is 2. The fourth-order valence-electron chi connectivity index (χ4n) is 1.70. The Labute approximate surface area is 122 Å². The zero-order chi connectivity index (χ0) is 14.6. The summed E-state index contributed by atoms with van der Waals surface area (Å²) in [5.74, 6) is -0.0840. The van der Waals surface area contributed by atoms with Crippen molar-refractivity contribution in [2.45, 2.75) is 11.3 Å². The molecule has 0 radical (unpaired) electrons. The Hall–Kier alpha value is -1.59. The van der Waals surface area contributed by atoms with Crippen molar-refractivity contribution >= 4 is 27.3 Å². The Morgan fingerprint density at radius 3 is 2.40 bits per heavy atom. The van der Waals surface area contributed by atoms with Gasteiger partial charge in [-0.25, -0.2) is 12.8 Å². The van der Waals surface area contributed by atoms with Crippen LogP contribution in [0.2, 0.25) is 0 Å². The van der Waals surface area contributed by atoms with Crippen molar-refractivity contribution in [3.05, 3.63) is 59.9 Å². The van der Waals surface area contributed by atoms with Crippen LogP contribution < -0.4 is 4.72 Å². The van der Waals surface area contributed by atoms with Gasteiger partial charge in [0.1, 0.15) is 5.82 Å². The SMILES string of the molecule is O=S(=O)(Nc1ccc(CCCl)cc1)c1cccc(F)c1. The third kappa shape index (κ3) is 3.71. The highest BCUT2D eigenvalue weighted by molar-refractivity contribution is 7.92. The van der Waals surface area contributed by atoms with Crippen molar-refractivity contribution in [2.75, 3.05) is 10.6 Å². The molecule has 0 aliphatic rings. The molecule has 2 aromatic carbocycles. The molecule has 0 fully saturated rings. The molecule has 106 valence electrons. The van der Waals surface area contributed by atoms with Gasteiger partial charge >= 0.3 is 0 Å². The molecule has 0 spiro atoms. The van der Waals surface area contributed by atoms with Crippen LogP contribution in [0.4, 0.5) is 10.1 Å². The van der Waals surface area contributed by atoms with Gasteiger partial charge in [0.2, 0.25) is 0 Å². The largest absolute Gasteiger partial charge is 0.280 e. The van der Waals surface area contributed by atoms with Gasteiger partial charge in [0.15, 0.2) is 0 Å². The third-order valence-corrected chi connectivity index (χ3v) is 4.26. The second kappa shape index (κ2) is 6.24. The van der Waals surface area contributed by atoms with Crippen molar-refractivity contribution in [2.24, 2.45) is 0 Å². The summed E-state index contributed by atoms with van der Waals surface area (Å²) in [6, 6.07) is 11.8. The highest BCUT2D eigenvalue weighted by atomic mass is 35.5. The van der Waals surface area contributed by atoms with Gasteiger partial charge in [-0.15, -0.1) is 11.6 Å². The second-order valence-electron chi connectivity index (χ2n) is 4.20. The van der Waals surface area contributed by atoms with E-state index < -0.39 is 15.8 Å². The van der Waals surface area contributed by atoms with E-state index in [1.54, 1.807) is 24.3 Å². The van der Waals surface area contributed by atoms with Crippen LogP contribution >= 0.6 is 11.6 Å². The second-order valence-corrected chi connectivity index (χ2v) is 6.26. The number of nitrogens with one attached hydrogen (secondary N) is 1. The van der Waals surface area contributed by atoms with Crippen molar-refractivity contribution in [1.29, 1.82) is 0 Å². The summed E-state index contributed by atoms with van der Waals surface area (Å²) < 4.78 is 39.6. The quantitative estimate of drug-likeness (QED) is 0.860. The van der Waals surface area contributed by atoms with Crippen molar-refractivity contribution < 1.29 is 12.8 Å². The number of halogens is 2. The van der Waals surface area contributed by atoms with Gasteiger partial charge in [-0.3, -0.25) is 4.72 Å². The fourth-order valence-corrected chi connectivity index (χ4v) is 3.00. The lowest BCUT2D eigenvalue weighted by Gasteiger charge is -2.08. The van der Waals surface area contributed by atoms with Crippen LogP contribution in [0.1, 0.15) is 5.56 Å². The smallest absolute Gasteiger partial charge is 0.261 e. The molecule has 0 bridgehead atoms. The molecular formula is C14H13ClFNO2S. The van der Waals surface area contributed by atoms with Gasteiger partial charge in [0, 0.05) is 11.6 Å². The van der Waals surface area contributed by atoms with Gasteiger partial charge in [-0.1, -0.05) is 18.2 Å². The minimum absolute atomic E-state index is 0.109. The van der Waals surface area contributed by atoms with Crippen LogP contribution in [0.3, 0.4) is 0 Å². The number of aryl methyl sites for hydroxylation is 1. The minimum Gasteiger partial charge on any atom is -0.280 e. The maximum absolute atomic E-state index is 13.1. The van der Waals surface area contributed by atoms with Crippen LogP contribution in [-0.2, 0) is 16.4 Å². The van der Waals surface area contributed by atoms with Crippen LogP contribution in [0.5, 0.6) is 0 Å². The lowest BCUT2D eigenvalue weighted by molar-refractivity contribution is 0.595. The summed E-state index contributed by atoms with van der Waals surface area (Å²) in [6.07, 6.45) is 0.721. The van der Waals surface area contributed by atoms with Gasteiger partial charge in [-0.05, 0) is 42.3 Å². The molecule has 3 nitrogen and oxygen atoms in total. The zero-order valence-electron chi connectivity index (χ0n) is 10.5. The summed E-state index contributed by atoms with van der Waals surface area (Å²) in [5, 5.41) is 0. The summed E-state index contributed by atoms with van der Waals surface area (Å²) in [6.45, 7) is 0. The normalized spacial score (nSPS) is 11.3. The van der Waals surface area contributed by atoms with E-state index in [0.717, 1.165) is 18.1 Å². The van der Waals surface area contributed by atoms with Crippen LogP contribution in [-0.4, -0.2) is 14.3 Å². The lowest BCUT2D eigenvalue weighted by atomic mass is 10.2. The van der Waals surface area contributed by atoms with E-state index >= 15 is 0 Å². The van der Waals surface area contributed by atoms with E-state index in [1.165, 1.54) is 18.2 Å². The van der Waals surface area contributed by atoms with E-state index in [-0.39, 0.29) is 4.90 Å². The minimum atomic E-state index is -3.78. The number of hydrogen-bond donors (Lipinski definition) is 1. The standard InChI is InChI=1S/C14H13ClFNO2S/c15-9-8-11-4-6-13(7-5-11)17-20(18,19)14-3-1-2-12(16)10-14/h1-7,10,17H,8-9H2. The maximum atomic E-state index is 13.1. The molecule has 0 unspecified atom stereocenters. The monoisotopic (exact) mass is 313 g/mol. The molecule has 0 aliphatic heterocycles. The molecule has 0 aromatic heterocycles. The molecule has 2 rings (SSSR count). The predicted molar refractivity (Wildman–Crippen MR) is 78.1 cm³/mol. The van der Waals surface area contributed by atoms with Gasteiger partial charge in [0.25, 0.3) is 10.0 Å². The van der Waals surface area contributed by atoms with E-state index in [0.29, 0.717) is 11.6 Å². The van der Waals surface area contributed by atoms with Gasteiger partial charge in [-0.2, -0.15) is 0 Å². The summed E-state index contributed by atoms with van der Waals surface area (Å²) in [5.41, 5.74) is 1.45. The van der Waals surface area contributed by atoms with Crippen LogP contribution in [0.25, 0.3) is 0 Å².